The molecule has 0 unspecified atom stereocenters. The molecule has 4 heteroatoms. The molecule has 2 aromatic carbocycles. The number of amides is 1. The van der Waals surface area contributed by atoms with Crippen molar-refractivity contribution in [1.29, 1.82) is 0 Å². The first-order chi connectivity index (χ1) is 11.7. The zero-order chi connectivity index (χ0) is 16.5. The molecule has 0 atom stereocenters. The Morgan fingerprint density at radius 3 is 2.33 bits per heavy atom. The van der Waals surface area contributed by atoms with Gasteiger partial charge in [-0.3, -0.25) is 4.79 Å². The third-order valence-electron chi connectivity index (χ3n) is 4.41. The van der Waals surface area contributed by atoms with Crippen LogP contribution in [0, 0.1) is 6.92 Å². The van der Waals surface area contributed by atoms with E-state index in [0.717, 1.165) is 29.1 Å². The number of carbonyl (C=O) groups is 1. The fraction of sp³-hybridized carbons (Fsp3) is 0.200. The molecule has 1 N–H and O–H groups in total. The molecule has 0 aliphatic heterocycles. The maximum Gasteiger partial charge on any atom is 0.263 e. The van der Waals surface area contributed by atoms with E-state index in [4.69, 9.17) is 0 Å². The van der Waals surface area contributed by atoms with Gasteiger partial charge in [0.05, 0.1) is 5.69 Å². The molecule has 1 aliphatic carbocycles. The molecule has 4 rings (SSSR count). The van der Waals surface area contributed by atoms with E-state index in [2.05, 4.69) is 34.6 Å². The minimum atomic E-state index is -0.00927. The van der Waals surface area contributed by atoms with Gasteiger partial charge in [0.2, 0.25) is 0 Å². The molecule has 0 radical (unpaired) electrons. The number of aryl methyl sites for hydroxylation is 1. The van der Waals surface area contributed by atoms with Crippen molar-refractivity contribution in [2.45, 2.75) is 25.8 Å². The molecule has 1 aliphatic rings. The number of nitrogens with one attached hydrogen (secondary N) is 1. The predicted octanol–water partition coefficient (Wildman–Crippen LogP) is 4.02. The molecule has 0 bridgehead atoms. The molecule has 120 valence electrons. The Bertz CT molecular complexity index is 861. The predicted molar refractivity (Wildman–Crippen MR) is 97.4 cm³/mol. The van der Waals surface area contributed by atoms with Crippen LogP contribution in [-0.2, 0) is 12.8 Å². The molecule has 0 saturated carbocycles. The Morgan fingerprint density at radius 1 is 1.04 bits per heavy atom. The molecule has 1 aromatic heterocycles. The first-order valence-corrected chi connectivity index (χ1v) is 8.93. The summed E-state index contributed by atoms with van der Waals surface area (Å²) in [6.07, 6.45) is 1.82. The third-order valence-corrected chi connectivity index (χ3v) is 5.62. The highest BCUT2D eigenvalue weighted by molar-refractivity contribution is 7.17. The lowest BCUT2D eigenvalue weighted by Gasteiger charge is -2.11. The number of hydrogen-bond acceptors (Lipinski definition) is 3. The first kappa shape index (κ1) is 15.1. The summed E-state index contributed by atoms with van der Waals surface area (Å²) < 4.78 is 0. The van der Waals surface area contributed by atoms with Gasteiger partial charge >= 0.3 is 0 Å². The Balaban J connectivity index is 1.51. The summed E-state index contributed by atoms with van der Waals surface area (Å²) in [5.74, 6) is -0.00927. The van der Waals surface area contributed by atoms with E-state index >= 15 is 0 Å². The summed E-state index contributed by atoms with van der Waals surface area (Å²) in [5.41, 5.74) is 4.53. The van der Waals surface area contributed by atoms with Crippen molar-refractivity contribution in [3.63, 3.8) is 0 Å². The monoisotopic (exact) mass is 334 g/mol. The topological polar surface area (TPSA) is 42.0 Å². The average Bonchev–Trinajstić information content (AvgIpc) is 3.18. The van der Waals surface area contributed by atoms with E-state index in [1.807, 2.05) is 37.3 Å². The second-order valence-corrected chi connectivity index (χ2v) is 7.15. The van der Waals surface area contributed by atoms with E-state index in [0.29, 0.717) is 4.88 Å². The summed E-state index contributed by atoms with van der Waals surface area (Å²) in [4.78, 5) is 18.0. The molecule has 0 fully saturated rings. The van der Waals surface area contributed by atoms with Gasteiger partial charge in [0, 0.05) is 11.6 Å². The lowest BCUT2D eigenvalue weighted by molar-refractivity contribution is 0.0942. The molecule has 0 saturated heterocycles. The van der Waals surface area contributed by atoms with Gasteiger partial charge in [-0.05, 0) is 30.9 Å². The number of carbonyl (C=O) groups excluding carboxylic acids is 1. The number of benzene rings is 2. The fourth-order valence-corrected chi connectivity index (χ4v) is 4.20. The van der Waals surface area contributed by atoms with Crippen LogP contribution in [0.3, 0.4) is 0 Å². The van der Waals surface area contributed by atoms with Crippen molar-refractivity contribution >= 4 is 17.2 Å². The lowest BCUT2D eigenvalue weighted by Crippen LogP contribution is -2.35. The molecule has 1 heterocycles. The molecule has 3 aromatic rings. The SMILES string of the molecule is Cc1nc(-c2ccccc2)sc1C(=O)NC1Cc2ccccc2C1. The van der Waals surface area contributed by atoms with Crippen LogP contribution < -0.4 is 5.32 Å². The maximum absolute atomic E-state index is 12.7. The van der Waals surface area contributed by atoms with Gasteiger partial charge in [-0.2, -0.15) is 0 Å². The van der Waals surface area contributed by atoms with Crippen LogP contribution >= 0.6 is 11.3 Å². The number of fused-ring (bicyclic) bond motifs is 1. The summed E-state index contributed by atoms with van der Waals surface area (Å²) in [5, 5.41) is 4.08. The quantitative estimate of drug-likeness (QED) is 0.786. The standard InChI is InChI=1S/C20H18N2OS/c1-13-18(24-20(21-13)14-7-3-2-4-8-14)19(23)22-17-11-15-9-5-6-10-16(15)12-17/h2-10,17H,11-12H2,1H3,(H,22,23). The highest BCUT2D eigenvalue weighted by Gasteiger charge is 2.24. The van der Waals surface area contributed by atoms with Gasteiger partial charge in [-0.25, -0.2) is 4.98 Å². The normalized spacial score (nSPS) is 13.7. The van der Waals surface area contributed by atoms with Crippen molar-refractivity contribution in [3.8, 4) is 10.6 Å². The summed E-state index contributed by atoms with van der Waals surface area (Å²) in [6.45, 7) is 1.90. The number of hydrogen-bond donors (Lipinski definition) is 1. The third kappa shape index (κ3) is 2.85. The van der Waals surface area contributed by atoms with Crippen LogP contribution in [0.25, 0.3) is 10.6 Å². The van der Waals surface area contributed by atoms with Crippen LogP contribution in [0.15, 0.2) is 54.6 Å². The van der Waals surface area contributed by atoms with Gasteiger partial charge in [0.25, 0.3) is 5.91 Å². The van der Waals surface area contributed by atoms with E-state index in [1.54, 1.807) is 0 Å². The van der Waals surface area contributed by atoms with Gasteiger partial charge in [-0.15, -0.1) is 11.3 Å². The molecular formula is C20H18N2OS. The molecule has 0 spiro atoms. The number of thiazole rings is 1. The zero-order valence-electron chi connectivity index (χ0n) is 13.5. The molecule has 24 heavy (non-hydrogen) atoms. The number of nitrogens with zero attached hydrogens (tertiary/aromatic N) is 1. The summed E-state index contributed by atoms with van der Waals surface area (Å²) in [6, 6.07) is 18.6. The Labute approximate surface area is 145 Å². The number of aromatic nitrogens is 1. The van der Waals surface area contributed by atoms with Crippen molar-refractivity contribution in [2.24, 2.45) is 0 Å². The van der Waals surface area contributed by atoms with Crippen molar-refractivity contribution < 1.29 is 4.79 Å². The first-order valence-electron chi connectivity index (χ1n) is 8.11. The van der Waals surface area contributed by atoms with Crippen molar-refractivity contribution in [2.75, 3.05) is 0 Å². The van der Waals surface area contributed by atoms with Crippen LogP contribution in [0.1, 0.15) is 26.5 Å². The Hall–Kier alpha value is -2.46. The van der Waals surface area contributed by atoms with Crippen LogP contribution in [0.4, 0.5) is 0 Å². The summed E-state index contributed by atoms with van der Waals surface area (Å²) >= 11 is 1.46. The van der Waals surface area contributed by atoms with Crippen molar-refractivity contribution in [3.05, 3.63) is 76.3 Å². The van der Waals surface area contributed by atoms with Crippen molar-refractivity contribution in [1.82, 2.24) is 10.3 Å². The second kappa shape index (κ2) is 6.21. The van der Waals surface area contributed by atoms with Gasteiger partial charge in [0.15, 0.2) is 0 Å². The van der Waals surface area contributed by atoms with Crippen LogP contribution in [0.5, 0.6) is 0 Å². The smallest absolute Gasteiger partial charge is 0.263 e. The second-order valence-electron chi connectivity index (χ2n) is 6.15. The molecule has 1 amide bonds. The largest absolute Gasteiger partial charge is 0.348 e. The van der Waals surface area contributed by atoms with Crippen LogP contribution in [0.2, 0.25) is 0 Å². The van der Waals surface area contributed by atoms with E-state index in [9.17, 15) is 4.79 Å². The fourth-order valence-electron chi connectivity index (χ4n) is 3.22. The van der Waals surface area contributed by atoms with Gasteiger partial charge in [-0.1, -0.05) is 54.6 Å². The Morgan fingerprint density at radius 2 is 1.67 bits per heavy atom. The van der Waals surface area contributed by atoms with E-state index in [-0.39, 0.29) is 11.9 Å². The minimum Gasteiger partial charge on any atom is -0.348 e. The highest BCUT2D eigenvalue weighted by Crippen LogP contribution is 2.28. The highest BCUT2D eigenvalue weighted by atomic mass is 32.1. The average molecular weight is 334 g/mol. The van der Waals surface area contributed by atoms with Gasteiger partial charge in [0.1, 0.15) is 9.88 Å². The lowest BCUT2D eigenvalue weighted by atomic mass is 10.1. The van der Waals surface area contributed by atoms with Gasteiger partial charge < -0.3 is 5.32 Å². The molecular weight excluding hydrogens is 316 g/mol. The minimum absolute atomic E-state index is 0.00927. The van der Waals surface area contributed by atoms with E-state index in [1.165, 1.54) is 22.5 Å². The zero-order valence-corrected chi connectivity index (χ0v) is 14.3. The number of rotatable bonds is 3. The summed E-state index contributed by atoms with van der Waals surface area (Å²) in [7, 11) is 0. The molecule has 3 nitrogen and oxygen atoms in total. The Kier molecular flexibility index (Phi) is 3.90. The van der Waals surface area contributed by atoms with Crippen LogP contribution in [-0.4, -0.2) is 16.9 Å². The van der Waals surface area contributed by atoms with E-state index < -0.39 is 0 Å². The maximum atomic E-state index is 12.7.